The van der Waals surface area contributed by atoms with Gasteiger partial charge >= 0.3 is 0 Å². The van der Waals surface area contributed by atoms with Crippen molar-refractivity contribution in [3.8, 4) is 0 Å². The minimum absolute atomic E-state index is 0.0488. The van der Waals surface area contributed by atoms with E-state index in [1.165, 1.54) is 22.5 Å². The quantitative estimate of drug-likeness (QED) is 0.564. The van der Waals surface area contributed by atoms with Gasteiger partial charge in [-0.25, -0.2) is 8.42 Å². The number of carbonyl (C=O) groups excluding carboxylic acids is 1. The molecule has 1 amide bonds. The second kappa shape index (κ2) is 9.81. The number of halogens is 1. The van der Waals surface area contributed by atoms with E-state index in [1.807, 2.05) is 53.2 Å². The molecule has 0 atom stereocenters. The van der Waals surface area contributed by atoms with Crippen LogP contribution in [0.15, 0.2) is 82.8 Å². The van der Waals surface area contributed by atoms with Crippen LogP contribution in [0.25, 0.3) is 0 Å². The lowest BCUT2D eigenvalue weighted by Crippen LogP contribution is -2.35. The molecule has 2 aromatic carbocycles. The Kier molecular flexibility index (Phi) is 6.89. The first-order valence-electron chi connectivity index (χ1n) is 10.5. The number of amides is 1. The lowest BCUT2D eigenvalue weighted by Gasteiger charge is -2.26. The van der Waals surface area contributed by atoms with E-state index in [0.717, 1.165) is 24.8 Å². The van der Waals surface area contributed by atoms with Gasteiger partial charge in [0.15, 0.2) is 0 Å². The molecule has 0 bridgehead atoms. The molecule has 32 heavy (non-hydrogen) atoms. The highest BCUT2D eigenvalue weighted by molar-refractivity contribution is 7.89. The average molecular weight is 470 g/mol. The molecule has 1 aliphatic heterocycles. The predicted molar refractivity (Wildman–Crippen MR) is 124 cm³/mol. The van der Waals surface area contributed by atoms with Crippen molar-refractivity contribution in [1.29, 1.82) is 0 Å². The third kappa shape index (κ3) is 5.01. The van der Waals surface area contributed by atoms with Crippen LogP contribution in [0.2, 0.25) is 5.02 Å². The van der Waals surface area contributed by atoms with Crippen molar-refractivity contribution in [2.75, 3.05) is 13.1 Å². The normalized spacial score (nSPS) is 15.6. The van der Waals surface area contributed by atoms with Crippen LogP contribution >= 0.6 is 11.6 Å². The number of benzene rings is 2. The van der Waals surface area contributed by atoms with Gasteiger partial charge in [0.1, 0.15) is 10.4 Å². The SMILES string of the molecule is O=C(N=c1ccccn1Cc1ccccc1)c1ccc(Cl)c(S(=O)(=O)N2CCCCC2)c1. The van der Waals surface area contributed by atoms with Crippen LogP contribution < -0.4 is 5.49 Å². The molecule has 2 heterocycles. The third-order valence-corrected chi connectivity index (χ3v) is 7.82. The van der Waals surface area contributed by atoms with Crippen LogP contribution in [0.5, 0.6) is 0 Å². The van der Waals surface area contributed by atoms with E-state index < -0.39 is 15.9 Å². The van der Waals surface area contributed by atoms with Crippen LogP contribution in [0.3, 0.4) is 0 Å². The predicted octanol–water partition coefficient (Wildman–Crippen LogP) is 4.11. The highest BCUT2D eigenvalue weighted by Gasteiger charge is 2.28. The standard InChI is InChI=1S/C24H24ClN3O3S/c25-21-13-12-20(17-22(21)32(30,31)28-15-6-2-7-16-28)24(29)26-23-11-5-8-14-27(23)18-19-9-3-1-4-10-19/h1,3-5,8-14,17H,2,6-7,15-16,18H2. The number of aromatic nitrogens is 1. The van der Waals surface area contributed by atoms with Crippen molar-refractivity contribution in [2.24, 2.45) is 4.99 Å². The summed E-state index contributed by atoms with van der Waals surface area (Å²) in [5.74, 6) is -0.523. The van der Waals surface area contributed by atoms with Gasteiger partial charge in [0.05, 0.1) is 5.02 Å². The van der Waals surface area contributed by atoms with Gasteiger partial charge < -0.3 is 4.57 Å². The van der Waals surface area contributed by atoms with E-state index in [9.17, 15) is 13.2 Å². The van der Waals surface area contributed by atoms with Crippen LogP contribution in [0.1, 0.15) is 35.2 Å². The van der Waals surface area contributed by atoms with E-state index in [1.54, 1.807) is 6.07 Å². The highest BCUT2D eigenvalue weighted by atomic mass is 35.5. The maximum atomic E-state index is 13.1. The molecule has 4 rings (SSSR count). The van der Waals surface area contributed by atoms with E-state index in [4.69, 9.17) is 11.6 Å². The van der Waals surface area contributed by atoms with E-state index in [2.05, 4.69) is 4.99 Å². The largest absolute Gasteiger partial charge is 0.328 e. The van der Waals surface area contributed by atoms with Crippen molar-refractivity contribution in [3.63, 3.8) is 0 Å². The number of hydrogen-bond donors (Lipinski definition) is 0. The molecule has 1 aliphatic rings. The lowest BCUT2D eigenvalue weighted by atomic mass is 10.2. The van der Waals surface area contributed by atoms with Crippen LogP contribution in [0.4, 0.5) is 0 Å². The first kappa shape index (κ1) is 22.5. The van der Waals surface area contributed by atoms with Crippen molar-refractivity contribution < 1.29 is 13.2 Å². The molecule has 166 valence electrons. The smallest absolute Gasteiger partial charge is 0.278 e. The minimum Gasteiger partial charge on any atom is -0.328 e. The molecule has 6 nitrogen and oxygen atoms in total. The summed E-state index contributed by atoms with van der Waals surface area (Å²) in [4.78, 5) is 17.2. The van der Waals surface area contributed by atoms with E-state index in [0.29, 0.717) is 25.1 Å². The highest BCUT2D eigenvalue weighted by Crippen LogP contribution is 2.28. The topological polar surface area (TPSA) is 71.7 Å². The summed E-state index contributed by atoms with van der Waals surface area (Å²) < 4.78 is 29.5. The molecular weight excluding hydrogens is 446 g/mol. The molecule has 1 fully saturated rings. The fraction of sp³-hybridized carbons (Fsp3) is 0.250. The fourth-order valence-electron chi connectivity index (χ4n) is 3.73. The van der Waals surface area contributed by atoms with Crippen molar-refractivity contribution >= 4 is 27.5 Å². The summed E-state index contributed by atoms with van der Waals surface area (Å²) >= 11 is 6.23. The van der Waals surface area contributed by atoms with Gasteiger partial charge in [0.2, 0.25) is 10.0 Å². The van der Waals surface area contributed by atoms with Crippen LogP contribution in [-0.4, -0.2) is 36.3 Å². The zero-order valence-electron chi connectivity index (χ0n) is 17.5. The lowest BCUT2D eigenvalue weighted by molar-refractivity contribution is 0.0997. The Labute approximate surface area is 192 Å². The summed E-state index contributed by atoms with van der Waals surface area (Å²) in [6, 6.07) is 19.6. The number of hydrogen-bond acceptors (Lipinski definition) is 3. The molecule has 1 saturated heterocycles. The Morgan fingerprint density at radius 2 is 1.66 bits per heavy atom. The summed E-state index contributed by atoms with van der Waals surface area (Å²) in [6.45, 7) is 1.48. The summed E-state index contributed by atoms with van der Waals surface area (Å²) in [5.41, 5.74) is 1.74. The molecular formula is C24H24ClN3O3S. The molecule has 3 aromatic rings. The van der Waals surface area contributed by atoms with Gasteiger partial charge in [0.25, 0.3) is 5.91 Å². The van der Waals surface area contributed by atoms with Crippen molar-refractivity contribution in [1.82, 2.24) is 8.87 Å². The molecule has 0 unspecified atom stereocenters. The number of rotatable bonds is 5. The van der Waals surface area contributed by atoms with Crippen molar-refractivity contribution in [3.05, 3.63) is 94.6 Å². The number of piperidine rings is 1. The molecule has 1 aromatic heterocycles. The molecule has 0 aliphatic carbocycles. The summed E-state index contributed by atoms with van der Waals surface area (Å²) in [6.07, 6.45) is 4.50. The van der Waals surface area contributed by atoms with Gasteiger partial charge in [-0.3, -0.25) is 4.79 Å². The zero-order chi connectivity index (χ0) is 22.6. The Hall–Kier alpha value is -2.74. The first-order chi connectivity index (χ1) is 15.4. The number of sulfonamides is 1. The Morgan fingerprint density at radius 1 is 0.938 bits per heavy atom. The number of carbonyl (C=O) groups is 1. The summed E-state index contributed by atoms with van der Waals surface area (Å²) in [5, 5.41) is 0.103. The van der Waals surface area contributed by atoms with Crippen molar-refractivity contribution in [2.45, 2.75) is 30.7 Å². The van der Waals surface area contributed by atoms with E-state index >= 15 is 0 Å². The van der Waals surface area contributed by atoms with Crippen LogP contribution in [0, 0.1) is 0 Å². The Bertz CT molecular complexity index is 1280. The monoisotopic (exact) mass is 469 g/mol. The minimum atomic E-state index is -3.77. The van der Waals surface area contributed by atoms with Gasteiger partial charge in [-0.2, -0.15) is 9.30 Å². The Balaban J connectivity index is 1.67. The van der Waals surface area contributed by atoms with Gasteiger partial charge in [-0.15, -0.1) is 0 Å². The average Bonchev–Trinajstić information content (AvgIpc) is 2.82. The molecule has 0 N–H and O–H groups in total. The third-order valence-electron chi connectivity index (χ3n) is 5.44. The zero-order valence-corrected chi connectivity index (χ0v) is 19.1. The maximum absolute atomic E-state index is 13.1. The molecule has 0 spiro atoms. The second-order valence-corrected chi connectivity index (χ2v) is 10.0. The van der Waals surface area contributed by atoms with Gasteiger partial charge in [-0.05, 0) is 48.7 Å². The maximum Gasteiger partial charge on any atom is 0.278 e. The fourth-order valence-corrected chi connectivity index (χ4v) is 5.75. The first-order valence-corrected chi connectivity index (χ1v) is 12.3. The molecule has 0 radical (unpaired) electrons. The van der Waals surface area contributed by atoms with Crippen LogP contribution in [-0.2, 0) is 16.6 Å². The Morgan fingerprint density at radius 3 is 2.41 bits per heavy atom. The molecule has 0 saturated carbocycles. The number of pyridine rings is 1. The second-order valence-electron chi connectivity index (χ2n) is 7.70. The van der Waals surface area contributed by atoms with Gasteiger partial charge in [-0.1, -0.05) is 54.4 Å². The number of nitrogens with zero attached hydrogens (tertiary/aromatic N) is 3. The summed E-state index contributed by atoms with van der Waals surface area (Å²) in [7, 11) is -3.77. The van der Waals surface area contributed by atoms with Gasteiger partial charge in [0, 0.05) is 31.4 Å². The van der Waals surface area contributed by atoms with E-state index in [-0.39, 0.29) is 15.5 Å². The molecule has 8 heteroatoms.